The monoisotopic (exact) mass is 285 g/mol. The van der Waals surface area contributed by atoms with E-state index in [0.29, 0.717) is 12.5 Å². The van der Waals surface area contributed by atoms with E-state index in [-0.39, 0.29) is 12.0 Å². The lowest BCUT2D eigenvalue weighted by Crippen LogP contribution is -2.38. The average molecular weight is 285 g/mol. The number of carbonyl (C=O) groups excluding carboxylic acids is 1. The second-order valence-electron chi connectivity index (χ2n) is 5.97. The van der Waals surface area contributed by atoms with Gasteiger partial charge in [-0.3, -0.25) is 9.69 Å². The summed E-state index contributed by atoms with van der Waals surface area (Å²) in [6, 6.07) is 0.420. The molecule has 5 heteroatoms. The van der Waals surface area contributed by atoms with E-state index in [4.69, 9.17) is 0 Å². The summed E-state index contributed by atoms with van der Waals surface area (Å²) in [6.45, 7) is 8.25. The molecule has 1 N–H and O–H groups in total. The lowest BCUT2D eigenvalue weighted by molar-refractivity contribution is -0.131. The summed E-state index contributed by atoms with van der Waals surface area (Å²) >= 11 is 0. The molecule has 1 aliphatic rings. The number of aliphatic hydroxyl groups is 1. The van der Waals surface area contributed by atoms with E-state index in [0.717, 1.165) is 45.6 Å². The number of likely N-dealkylation sites (tertiary alicyclic amines) is 1. The number of rotatable bonds is 8. The molecule has 1 rings (SSSR count). The summed E-state index contributed by atoms with van der Waals surface area (Å²) in [5.74, 6) is 0.249. The minimum absolute atomic E-state index is 0.210. The van der Waals surface area contributed by atoms with E-state index in [1.807, 2.05) is 18.7 Å². The van der Waals surface area contributed by atoms with Crippen molar-refractivity contribution < 1.29 is 9.90 Å². The summed E-state index contributed by atoms with van der Waals surface area (Å²) in [4.78, 5) is 18.3. The van der Waals surface area contributed by atoms with Gasteiger partial charge in [0.05, 0.1) is 6.10 Å². The molecule has 2 atom stereocenters. The number of nitrogens with zero attached hydrogens (tertiary/aromatic N) is 3. The smallest absolute Gasteiger partial charge is 0.222 e. The molecule has 0 aliphatic carbocycles. The van der Waals surface area contributed by atoms with Gasteiger partial charge in [0.15, 0.2) is 0 Å². The Labute approximate surface area is 123 Å². The van der Waals surface area contributed by atoms with Crippen molar-refractivity contribution >= 4 is 5.91 Å². The van der Waals surface area contributed by atoms with Crippen LogP contribution in [0.2, 0.25) is 0 Å². The summed E-state index contributed by atoms with van der Waals surface area (Å²) < 4.78 is 0. The van der Waals surface area contributed by atoms with Gasteiger partial charge in [-0.25, -0.2) is 0 Å². The summed E-state index contributed by atoms with van der Waals surface area (Å²) in [6.07, 6.45) is 2.13. The van der Waals surface area contributed by atoms with Gasteiger partial charge in [0.1, 0.15) is 0 Å². The van der Waals surface area contributed by atoms with Gasteiger partial charge in [0.2, 0.25) is 5.91 Å². The van der Waals surface area contributed by atoms with Crippen LogP contribution < -0.4 is 0 Å². The van der Waals surface area contributed by atoms with Crippen LogP contribution in [0, 0.1) is 0 Å². The molecule has 1 amide bonds. The molecule has 5 nitrogen and oxygen atoms in total. The molecule has 0 spiro atoms. The Morgan fingerprint density at radius 1 is 1.30 bits per heavy atom. The Hall–Kier alpha value is -0.650. The molecule has 0 bridgehead atoms. The van der Waals surface area contributed by atoms with Gasteiger partial charge < -0.3 is 14.9 Å². The zero-order chi connectivity index (χ0) is 15.1. The van der Waals surface area contributed by atoms with Crippen LogP contribution in [0.4, 0.5) is 0 Å². The second-order valence-corrected chi connectivity index (χ2v) is 5.97. The van der Waals surface area contributed by atoms with Gasteiger partial charge in [0.25, 0.3) is 0 Å². The van der Waals surface area contributed by atoms with Crippen molar-refractivity contribution in [1.82, 2.24) is 14.7 Å². The highest BCUT2D eigenvalue weighted by atomic mass is 16.3. The number of β-amino-alcohol motifs (C(OH)–C–C–N with tert-alkyl or cyclic N) is 1. The first-order chi connectivity index (χ1) is 9.47. The molecule has 0 aromatic heterocycles. The largest absolute Gasteiger partial charge is 0.392 e. The number of likely N-dealkylation sites (N-methyl/N-ethyl adjacent to an activating group) is 1. The Balaban J connectivity index is 2.34. The molecule has 1 aliphatic heterocycles. The van der Waals surface area contributed by atoms with Crippen molar-refractivity contribution in [3.8, 4) is 0 Å². The maximum Gasteiger partial charge on any atom is 0.222 e. The lowest BCUT2D eigenvalue weighted by atomic mass is 10.2. The predicted octanol–water partition coefficient (Wildman–Crippen LogP) is 0.632. The van der Waals surface area contributed by atoms with Crippen LogP contribution in [0.1, 0.15) is 33.1 Å². The Morgan fingerprint density at radius 2 is 1.95 bits per heavy atom. The number of carbonyl (C=O) groups is 1. The van der Waals surface area contributed by atoms with Gasteiger partial charge in [-0.15, -0.1) is 0 Å². The Morgan fingerprint density at radius 3 is 2.50 bits per heavy atom. The van der Waals surface area contributed by atoms with Crippen LogP contribution in [-0.4, -0.2) is 84.7 Å². The van der Waals surface area contributed by atoms with Crippen LogP contribution in [0.3, 0.4) is 0 Å². The van der Waals surface area contributed by atoms with Gasteiger partial charge in [0, 0.05) is 38.6 Å². The number of hydrogen-bond donors (Lipinski definition) is 1. The molecule has 2 unspecified atom stereocenters. The first kappa shape index (κ1) is 17.4. The van der Waals surface area contributed by atoms with E-state index < -0.39 is 0 Å². The molecule has 0 aromatic rings. The summed E-state index contributed by atoms with van der Waals surface area (Å²) in [7, 11) is 4.12. The van der Waals surface area contributed by atoms with Crippen molar-refractivity contribution in [2.45, 2.75) is 45.3 Å². The van der Waals surface area contributed by atoms with Gasteiger partial charge in [-0.05, 0) is 47.3 Å². The summed E-state index contributed by atoms with van der Waals surface area (Å²) in [5.41, 5.74) is 0. The van der Waals surface area contributed by atoms with Gasteiger partial charge in [-0.1, -0.05) is 0 Å². The van der Waals surface area contributed by atoms with E-state index in [9.17, 15) is 9.90 Å². The third-order valence-corrected chi connectivity index (χ3v) is 4.03. The SMILES string of the molecule is CCN(CC)C(=O)CCCN1CC(O)CC1CN(C)C. The van der Waals surface area contributed by atoms with Crippen molar-refractivity contribution in [3.05, 3.63) is 0 Å². The maximum atomic E-state index is 12.0. The molecular weight excluding hydrogens is 254 g/mol. The van der Waals surface area contributed by atoms with E-state index in [1.165, 1.54) is 0 Å². The van der Waals surface area contributed by atoms with Crippen LogP contribution >= 0.6 is 0 Å². The molecule has 0 radical (unpaired) electrons. The number of amides is 1. The highest BCUT2D eigenvalue weighted by molar-refractivity contribution is 5.76. The molecule has 1 saturated heterocycles. The van der Waals surface area contributed by atoms with Crippen molar-refractivity contribution in [2.75, 3.05) is 46.8 Å². The maximum absolute atomic E-state index is 12.0. The van der Waals surface area contributed by atoms with Crippen LogP contribution in [0.15, 0.2) is 0 Å². The zero-order valence-electron chi connectivity index (χ0n) is 13.5. The van der Waals surface area contributed by atoms with Crippen molar-refractivity contribution in [2.24, 2.45) is 0 Å². The standard InChI is InChI=1S/C15H31N3O2/c1-5-17(6-2)15(20)8-7-9-18-12-14(19)10-13(18)11-16(3)4/h13-14,19H,5-12H2,1-4H3. The van der Waals surface area contributed by atoms with Crippen molar-refractivity contribution in [1.29, 1.82) is 0 Å². The van der Waals surface area contributed by atoms with Crippen LogP contribution in [-0.2, 0) is 4.79 Å². The third-order valence-electron chi connectivity index (χ3n) is 4.03. The molecule has 118 valence electrons. The molecule has 20 heavy (non-hydrogen) atoms. The second kappa shape index (κ2) is 8.60. The topological polar surface area (TPSA) is 47.0 Å². The van der Waals surface area contributed by atoms with E-state index in [2.05, 4.69) is 23.9 Å². The van der Waals surface area contributed by atoms with Gasteiger partial charge >= 0.3 is 0 Å². The fourth-order valence-electron chi connectivity index (χ4n) is 3.01. The van der Waals surface area contributed by atoms with Gasteiger partial charge in [-0.2, -0.15) is 0 Å². The predicted molar refractivity (Wildman–Crippen MR) is 81.7 cm³/mol. The normalized spacial score (nSPS) is 23.5. The first-order valence-electron chi connectivity index (χ1n) is 7.82. The summed E-state index contributed by atoms with van der Waals surface area (Å²) in [5, 5.41) is 9.82. The van der Waals surface area contributed by atoms with Crippen LogP contribution in [0.5, 0.6) is 0 Å². The van der Waals surface area contributed by atoms with E-state index in [1.54, 1.807) is 0 Å². The fraction of sp³-hybridized carbons (Fsp3) is 0.933. The molecular formula is C15H31N3O2. The molecule has 1 heterocycles. The van der Waals surface area contributed by atoms with Crippen LogP contribution in [0.25, 0.3) is 0 Å². The quantitative estimate of drug-likeness (QED) is 0.711. The van der Waals surface area contributed by atoms with Crippen molar-refractivity contribution in [3.63, 3.8) is 0 Å². The highest BCUT2D eigenvalue weighted by Crippen LogP contribution is 2.19. The molecule has 0 saturated carbocycles. The first-order valence-corrected chi connectivity index (χ1v) is 7.82. The minimum atomic E-state index is -0.210. The molecule has 0 aromatic carbocycles. The lowest BCUT2D eigenvalue weighted by Gasteiger charge is -2.27. The fourth-order valence-corrected chi connectivity index (χ4v) is 3.01. The Kier molecular flexibility index (Phi) is 7.48. The molecule has 1 fully saturated rings. The third kappa shape index (κ3) is 5.38. The Bertz CT molecular complexity index is 293. The number of aliphatic hydroxyl groups excluding tert-OH is 1. The number of hydrogen-bond acceptors (Lipinski definition) is 4. The highest BCUT2D eigenvalue weighted by Gasteiger charge is 2.30. The van der Waals surface area contributed by atoms with E-state index >= 15 is 0 Å². The minimum Gasteiger partial charge on any atom is -0.392 e. The zero-order valence-corrected chi connectivity index (χ0v) is 13.5. The average Bonchev–Trinajstić information content (AvgIpc) is 2.70.